The summed E-state index contributed by atoms with van der Waals surface area (Å²) in [5, 5.41) is 2.50. The van der Waals surface area contributed by atoms with Gasteiger partial charge in [0.25, 0.3) is 0 Å². The van der Waals surface area contributed by atoms with E-state index in [9.17, 15) is 0 Å². The molecule has 198 valence electrons. The maximum Gasteiger partial charge on any atom is 0.124 e. The van der Waals surface area contributed by atoms with E-state index in [1.54, 1.807) is 0 Å². The molecule has 0 fully saturated rings. The van der Waals surface area contributed by atoms with Crippen molar-refractivity contribution in [3.8, 4) is 33.6 Å². The number of hydrogen-bond donors (Lipinski definition) is 0. The second-order valence-electron chi connectivity index (χ2n) is 10.8. The average Bonchev–Trinajstić information content (AvgIpc) is 3.60. The molecule has 0 saturated carbocycles. The lowest BCUT2D eigenvalue weighted by molar-refractivity contribution is 0.945. The number of benzene rings is 6. The van der Waals surface area contributed by atoms with Gasteiger partial charge in [-0.2, -0.15) is 0 Å². The highest BCUT2D eigenvalue weighted by atomic mass is 32.2. The Morgan fingerprint density at radius 2 is 1.10 bits per heavy atom. The number of thioether (sulfide) groups is 1. The molecule has 0 radical (unpaired) electrons. The standard InChI is InChI=1S/C38H25N3S/c1-3-9-25(10-4-1)27-15-18-33-30(21-27)31-22-28(26-11-5-2-6-12-26)16-19-34(31)40(33)29-17-20-35-32(23-29)39-38-24-42-37-14-8-7-13-36(37)41(35)38/h1-23H,24H2. The van der Waals surface area contributed by atoms with Crippen LogP contribution in [0, 0.1) is 0 Å². The van der Waals surface area contributed by atoms with Crippen molar-refractivity contribution in [1.82, 2.24) is 14.1 Å². The Bertz CT molecular complexity index is 2200. The normalized spacial score (nSPS) is 12.6. The molecule has 42 heavy (non-hydrogen) atoms. The molecule has 6 aromatic carbocycles. The van der Waals surface area contributed by atoms with Gasteiger partial charge >= 0.3 is 0 Å². The molecule has 0 spiro atoms. The van der Waals surface area contributed by atoms with Crippen molar-refractivity contribution in [2.75, 3.05) is 0 Å². The van der Waals surface area contributed by atoms with Crippen molar-refractivity contribution in [2.45, 2.75) is 10.6 Å². The van der Waals surface area contributed by atoms with Crippen molar-refractivity contribution in [2.24, 2.45) is 0 Å². The van der Waals surface area contributed by atoms with Gasteiger partial charge in [0.05, 0.1) is 33.5 Å². The first kappa shape index (κ1) is 23.6. The summed E-state index contributed by atoms with van der Waals surface area (Å²) in [5.41, 5.74) is 11.8. The summed E-state index contributed by atoms with van der Waals surface area (Å²) in [7, 11) is 0. The van der Waals surface area contributed by atoms with Crippen LogP contribution in [-0.4, -0.2) is 14.1 Å². The SMILES string of the molecule is c1ccc(-c2ccc3c(c2)c2cc(-c4ccccc4)ccc2n3-c2ccc3c(c2)nc2n3-c3ccccc3SC2)cc1. The number of fused-ring (bicyclic) bond motifs is 8. The molecule has 1 aliphatic heterocycles. The smallest absolute Gasteiger partial charge is 0.124 e. The fraction of sp³-hybridized carbons (Fsp3) is 0.0263. The Kier molecular flexibility index (Phi) is 5.19. The third-order valence-electron chi connectivity index (χ3n) is 8.41. The Hall–Kier alpha value is -5.06. The molecule has 3 nitrogen and oxygen atoms in total. The molecular weight excluding hydrogens is 531 g/mol. The third kappa shape index (κ3) is 3.59. The maximum absolute atomic E-state index is 5.12. The molecule has 3 heterocycles. The van der Waals surface area contributed by atoms with E-state index in [1.165, 1.54) is 54.6 Å². The van der Waals surface area contributed by atoms with Gasteiger partial charge in [-0.15, -0.1) is 11.8 Å². The van der Waals surface area contributed by atoms with E-state index in [1.807, 2.05) is 11.8 Å². The Balaban J connectivity index is 1.28. The second-order valence-corrected chi connectivity index (χ2v) is 11.8. The Morgan fingerprint density at radius 1 is 0.500 bits per heavy atom. The predicted molar refractivity (Wildman–Crippen MR) is 176 cm³/mol. The monoisotopic (exact) mass is 555 g/mol. The fourth-order valence-electron chi connectivity index (χ4n) is 6.45. The van der Waals surface area contributed by atoms with Crippen LogP contribution in [-0.2, 0) is 5.75 Å². The van der Waals surface area contributed by atoms with Gasteiger partial charge in [-0.1, -0.05) is 84.9 Å². The summed E-state index contributed by atoms with van der Waals surface area (Å²) in [6.07, 6.45) is 0. The van der Waals surface area contributed by atoms with Crippen molar-refractivity contribution >= 4 is 44.6 Å². The van der Waals surface area contributed by atoms with Gasteiger partial charge in [-0.05, 0) is 76.9 Å². The Morgan fingerprint density at radius 3 is 1.76 bits per heavy atom. The van der Waals surface area contributed by atoms with E-state index in [-0.39, 0.29) is 0 Å². The largest absolute Gasteiger partial charge is 0.309 e. The number of imidazole rings is 1. The van der Waals surface area contributed by atoms with Crippen LogP contribution < -0.4 is 0 Å². The van der Waals surface area contributed by atoms with Gasteiger partial charge < -0.3 is 4.57 Å². The number of nitrogens with zero attached hydrogens (tertiary/aromatic N) is 3. The van der Waals surface area contributed by atoms with Crippen molar-refractivity contribution in [3.05, 3.63) is 145 Å². The second kappa shape index (κ2) is 9.23. The summed E-state index contributed by atoms with van der Waals surface area (Å²) in [6.45, 7) is 0. The number of rotatable bonds is 3. The highest BCUT2D eigenvalue weighted by Crippen LogP contribution is 2.40. The zero-order valence-corrected chi connectivity index (χ0v) is 23.6. The van der Waals surface area contributed by atoms with E-state index in [4.69, 9.17) is 4.98 Å². The fourth-order valence-corrected chi connectivity index (χ4v) is 7.41. The van der Waals surface area contributed by atoms with E-state index in [2.05, 4.69) is 149 Å². The molecule has 1 aliphatic rings. The van der Waals surface area contributed by atoms with Crippen LogP contribution in [0.1, 0.15) is 5.82 Å². The zero-order chi connectivity index (χ0) is 27.6. The summed E-state index contributed by atoms with van der Waals surface area (Å²) in [4.78, 5) is 6.42. The van der Waals surface area contributed by atoms with E-state index < -0.39 is 0 Å². The molecule has 0 N–H and O–H groups in total. The first-order chi connectivity index (χ1) is 20.8. The maximum atomic E-state index is 5.12. The molecule has 4 heteroatoms. The lowest BCUT2D eigenvalue weighted by atomic mass is 10.0. The summed E-state index contributed by atoms with van der Waals surface area (Å²) < 4.78 is 4.73. The van der Waals surface area contributed by atoms with Gasteiger partial charge in [0, 0.05) is 21.4 Å². The van der Waals surface area contributed by atoms with Crippen LogP contribution >= 0.6 is 11.8 Å². The molecule has 0 unspecified atom stereocenters. The minimum atomic E-state index is 0.876. The van der Waals surface area contributed by atoms with Crippen LogP contribution in [0.2, 0.25) is 0 Å². The quantitative estimate of drug-likeness (QED) is 0.216. The third-order valence-corrected chi connectivity index (χ3v) is 9.47. The van der Waals surface area contributed by atoms with E-state index in [0.29, 0.717) is 0 Å². The number of para-hydroxylation sites is 1. The highest BCUT2D eigenvalue weighted by molar-refractivity contribution is 7.98. The molecule has 0 atom stereocenters. The summed E-state index contributed by atoms with van der Waals surface area (Å²) in [5.74, 6) is 1.98. The zero-order valence-electron chi connectivity index (χ0n) is 22.7. The lowest BCUT2D eigenvalue weighted by Gasteiger charge is -2.18. The van der Waals surface area contributed by atoms with Crippen LogP contribution in [0.3, 0.4) is 0 Å². The topological polar surface area (TPSA) is 22.8 Å². The Labute approximate surface area is 247 Å². The lowest BCUT2D eigenvalue weighted by Crippen LogP contribution is -2.06. The average molecular weight is 556 g/mol. The predicted octanol–water partition coefficient (Wildman–Crippen LogP) is 10.1. The van der Waals surface area contributed by atoms with Crippen molar-refractivity contribution in [3.63, 3.8) is 0 Å². The van der Waals surface area contributed by atoms with E-state index in [0.717, 1.165) is 28.3 Å². The van der Waals surface area contributed by atoms with Gasteiger partial charge in [-0.3, -0.25) is 4.57 Å². The van der Waals surface area contributed by atoms with Gasteiger partial charge in [0.2, 0.25) is 0 Å². The van der Waals surface area contributed by atoms with Crippen molar-refractivity contribution in [1.29, 1.82) is 0 Å². The van der Waals surface area contributed by atoms with Gasteiger partial charge in [0.15, 0.2) is 0 Å². The first-order valence-electron chi connectivity index (χ1n) is 14.2. The molecule has 9 rings (SSSR count). The minimum Gasteiger partial charge on any atom is -0.309 e. The molecule has 0 amide bonds. The van der Waals surface area contributed by atoms with Gasteiger partial charge in [0.1, 0.15) is 5.82 Å². The number of aromatic nitrogens is 3. The molecular formula is C38H25N3S. The van der Waals surface area contributed by atoms with Gasteiger partial charge in [-0.25, -0.2) is 4.98 Å². The van der Waals surface area contributed by atoms with Crippen molar-refractivity contribution < 1.29 is 0 Å². The molecule has 0 aliphatic carbocycles. The number of hydrogen-bond acceptors (Lipinski definition) is 2. The minimum absolute atomic E-state index is 0.876. The molecule has 0 saturated heterocycles. The van der Waals surface area contributed by atoms with Crippen LogP contribution in [0.25, 0.3) is 66.5 Å². The van der Waals surface area contributed by atoms with Crippen LogP contribution in [0.15, 0.2) is 144 Å². The summed E-state index contributed by atoms with van der Waals surface area (Å²) in [6, 6.07) is 50.4. The first-order valence-corrected chi connectivity index (χ1v) is 15.2. The van der Waals surface area contributed by atoms with Crippen LogP contribution in [0.5, 0.6) is 0 Å². The highest BCUT2D eigenvalue weighted by Gasteiger charge is 2.21. The van der Waals surface area contributed by atoms with Crippen LogP contribution in [0.4, 0.5) is 0 Å². The molecule has 2 aromatic heterocycles. The van der Waals surface area contributed by atoms with E-state index >= 15 is 0 Å². The summed E-state index contributed by atoms with van der Waals surface area (Å²) >= 11 is 1.86. The molecule has 0 bridgehead atoms. The molecule has 8 aromatic rings.